The molecule has 0 aliphatic rings. The third kappa shape index (κ3) is 4.03. The van der Waals surface area contributed by atoms with E-state index in [2.05, 4.69) is 52.2 Å². The van der Waals surface area contributed by atoms with Crippen molar-refractivity contribution in [2.24, 2.45) is 5.41 Å². The van der Waals surface area contributed by atoms with Crippen LogP contribution >= 0.6 is 15.9 Å². The Morgan fingerprint density at radius 2 is 2.20 bits per heavy atom. The molecule has 0 fully saturated rings. The number of aromatic amines is 1. The molecule has 0 amide bonds. The first-order valence-electron chi connectivity index (χ1n) is 4.87. The first-order chi connectivity index (χ1) is 6.90. The van der Waals surface area contributed by atoms with Crippen LogP contribution in [0.1, 0.15) is 27.2 Å². The number of aromatic nitrogens is 2. The Hall–Kier alpha value is -0.840. The zero-order chi connectivity index (χ0) is 11.5. The zero-order valence-electron chi connectivity index (χ0n) is 9.22. The van der Waals surface area contributed by atoms with E-state index in [1.54, 1.807) is 6.20 Å². The Labute approximate surface area is 97.6 Å². The van der Waals surface area contributed by atoms with Crippen molar-refractivity contribution < 1.29 is 0 Å². The van der Waals surface area contributed by atoms with E-state index < -0.39 is 0 Å². The number of hydrogen-bond acceptors (Lipinski definition) is 3. The molecule has 15 heavy (non-hydrogen) atoms. The van der Waals surface area contributed by atoms with Crippen LogP contribution in [-0.2, 0) is 0 Å². The third-order valence-corrected chi connectivity index (χ3v) is 2.77. The second-order valence-corrected chi connectivity index (χ2v) is 5.46. The van der Waals surface area contributed by atoms with E-state index in [0.717, 1.165) is 18.7 Å². The normalized spacial score (nSPS) is 11.5. The maximum atomic E-state index is 11.2. The van der Waals surface area contributed by atoms with Crippen molar-refractivity contribution in [2.45, 2.75) is 27.2 Å². The highest BCUT2D eigenvalue weighted by Gasteiger charge is 2.10. The van der Waals surface area contributed by atoms with Gasteiger partial charge in [0.05, 0.1) is 11.9 Å². The molecule has 1 aromatic heterocycles. The molecule has 0 bridgehead atoms. The molecule has 0 saturated carbocycles. The lowest BCUT2D eigenvalue weighted by molar-refractivity contribution is 0.389. The van der Waals surface area contributed by atoms with Crippen molar-refractivity contribution in [1.29, 1.82) is 0 Å². The van der Waals surface area contributed by atoms with Gasteiger partial charge in [0.15, 0.2) is 0 Å². The van der Waals surface area contributed by atoms with Crippen LogP contribution in [0.4, 0.5) is 5.69 Å². The summed E-state index contributed by atoms with van der Waals surface area (Å²) in [5, 5.41) is 9.27. The van der Waals surface area contributed by atoms with Crippen molar-refractivity contribution >= 4 is 21.6 Å². The van der Waals surface area contributed by atoms with E-state index >= 15 is 0 Å². The summed E-state index contributed by atoms with van der Waals surface area (Å²) in [5.41, 5.74) is 0.812. The Kier molecular flexibility index (Phi) is 3.90. The highest BCUT2D eigenvalue weighted by atomic mass is 79.9. The molecule has 0 unspecified atom stereocenters. The molecule has 1 heterocycles. The van der Waals surface area contributed by atoms with Crippen molar-refractivity contribution in [2.75, 3.05) is 11.9 Å². The standard InChI is InChI=1S/C10H16BrN3O/c1-10(2,3)4-5-12-7-6-13-14-9(15)8(7)11/h6H,4-5H2,1-3H3,(H2,12,14,15). The summed E-state index contributed by atoms with van der Waals surface area (Å²) in [6, 6.07) is 0. The first kappa shape index (κ1) is 12.2. The lowest BCUT2D eigenvalue weighted by atomic mass is 9.92. The molecule has 0 saturated heterocycles. The van der Waals surface area contributed by atoms with Gasteiger partial charge in [0.1, 0.15) is 4.47 Å². The van der Waals surface area contributed by atoms with Gasteiger partial charge in [-0.05, 0) is 27.8 Å². The minimum atomic E-state index is -0.212. The molecule has 4 nitrogen and oxygen atoms in total. The molecule has 0 aliphatic carbocycles. The van der Waals surface area contributed by atoms with Crippen molar-refractivity contribution in [3.05, 3.63) is 21.0 Å². The average molecular weight is 274 g/mol. The summed E-state index contributed by atoms with van der Waals surface area (Å²) in [7, 11) is 0. The maximum absolute atomic E-state index is 11.2. The van der Waals surface area contributed by atoms with Gasteiger partial charge in [-0.15, -0.1) is 0 Å². The van der Waals surface area contributed by atoms with Crippen molar-refractivity contribution in [1.82, 2.24) is 10.2 Å². The van der Waals surface area contributed by atoms with Gasteiger partial charge in [0, 0.05) is 6.54 Å². The summed E-state index contributed by atoms with van der Waals surface area (Å²) in [6.45, 7) is 7.37. The Morgan fingerprint density at radius 3 is 2.80 bits per heavy atom. The van der Waals surface area contributed by atoms with E-state index in [-0.39, 0.29) is 11.0 Å². The van der Waals surface area contributed by atoms with Crippen molar-refractivity contribution in [3.8, 4) is 0 Å². The number of nitrogens with one attached hydrogen (secondary N) is 2. The highest BCUT2D eigenvalue weighted by Crippen LogP contribution is 2.20. The highest BCUT2D eigenvalue weighted by molar-refractivity contribution is 9.10. The zero-order valence-corrected chi connectivity index (χ0v) is 10.8. The van der Waals surface area contributed by atoms with Gasteiger partial charge in [0.2, 0.25) is 0 Å². The summed E-state index contributed by atoms with van der Waals surface area (Å²) in [6.07, 6.45) is 2.64. The summed E-state index contributed by atoms with van der Waals surface area (Å²) in [4.78, 5) is 11.2. The van der Waals surface area contributed by atoms with Crippen molar-refractivity contribution in [3.63, 3.8) is 0 Å². The molecule has 0 atom stereocenters. The van der Waals surface area contributed by atoms with E-state index in [9.17, 15) is 4.79 Å². The van der Waals surface area contributed by atoms with E-state index in [4.69, 9.17) is 0 Å². The van der Waals surface area contributed by atoms with Gasteiger partial charge in [0.25, 0.3) is 5.56 Å². The molecule has 0 spiro atoms. The van der Waals surface area contributed by atoms with Crippen LogP contribution in [0.2, 0.25) is 0 Å². The van der Waals surface area contributed by atoms with Crippen LogP contribution in [0.3, 0.4) is 0 Å². The Bertz CT molecular complexity index is 381. The van der Waals surface area contributed by atoms with Gasteiger partial charge < -0.3 is 5.32 Å². The monoisotopic (exact) mass is 273 g/mol. The lowest BCUT2D eigenvalue weighted by Gasteiger charge is -2.18. The Balaban J connectivity index is 2.59. The van der Waals surface area contributed by atoms with Gasteiger partial charge in [-0.1, -0.05) is 20.8 Å². The number of rotatable bonds is 3. The van der Waals surface area contributed by atoms with Crippen LogP contribution in [0.5, 0.6) is 0 Å². The summed E-state index contributed by atoms with van der Waals surface area (Å²) < 4.78 is 0.506. The molecule has 5 heteroatoms. The maximum Gasteiger partial charge on any atom is 0.280 e. The van der Waals surface area contributed by atoms with Gasteiger partial charge in [-0.3, -0.25) is 4.79 Å². The molecular weight excluding hydrogens is 258 g/mol. The fraction of sp³-hybridized carbons (Fsp3) is 0.600. The predicted octanol–water partition coefficient (Wildman–Crippen LogP) is 2.38. The van der Waals surface area contributed by atoms with Crippen LogP contribution in [-0.4, -0.2) is 16.7 Å². The fourth-order valence-corrected chi connectivity index (χ4v) is 1.41. The van der Waals surface area contributed by atoms with E-state index in [1.165, 1.54) is 0 Å². The Morgan fingerprint density at radius 1 is 1.53 bits per heavy atom. The molecule has 2 N–H and O–H groups in total. The number of nitrogens with zero attached hydrogens (tertiary/aromatic N) is 1. The second kappa shape index (κ2) is 4.79. The number of anilines is 1. The van der Waals surface area contributed by atoms with Gasteiger partial charge in [-0.2, -0.15) is 5.10 Å². The van der Waals surface area contributed by atoms with Gasteiger partial charge >= 0.3 is 0 Å². The molecule has 0 radical (unpaired) electrons. The minimum absolute atomic E-state index is 0.212. The van der Waals surface area contributed by atoms with Crippen LogP contribution in [0, 0.1) is 5.41 Å². The number of hydrogen-bond donors (Lipinski definition) is 2. The van der Waals surface area contributed by atoms with E-state index in [0.29, 0.717) is 4.47 Å². The lowest BCUT2D eigenvalue weighted by Crippen LogP contribution is -2.16. The van der Waals surface area contributed by atoms with E-state index in [1.807, 2.05) is 0 Å². The van der Waals surface area contributed by atoms with Crippen LogP contribution in [0.25, 0.3) is 0 Å². The first-order valence-corrected chi connectivity index (χ1v) is 5.66. The molecular formula is C10H16BrN3O. The van der Waals surface area contributed by atoms with Gasteiger partial charge in [-0.25, -0.2) is 5.10 Å². The fourth-order valence-electron chi connectivity index (χ4n) is 1.08. The largest absolute Gasteiger partial charge is 0.383 e. The minimum Gasteiger partial charge on any atom is -0.383 e. The second-order valence-electron chi connectivity index (χ2n) is 4.66. The quantitative estimate of drug-likeness (QED) is 0.889. The SMILES string of the molecule is CC(C)(C)CCNc1cn[nH]c(=O)c1Br. The number of halogens is 1. The molecule has 0 aliphatic heterocycles. The molecule has 0 aromatic carbocycles. The number of H-pyrrole nitrogens is 1. The third-order valence-electron chi connectivity index (χ3n) is 1.99. The molecule has 1 aromatic rings. The smallest absolute Gasteiger partial charge is 0.280 e. The average Bonchev–Trinajstić information content (AvgIpc) is 2.10. The molecule has 84 valence electrons. The predicted molar refractivity (Wildman–Crippen MR) is 65.1 cm³/mol. The van der Waals surface area contributed by atoms with Crippen LogP contribution in [0.15, 0.2) is 15.5 Å². The van der Waals surface area contributed by atoms with Crippen LogP contribution < -0.4 is 10.9 Å². The topological polar surface area (TPSA) is 57.8 Å². The summed E-state index contributed by atoms with van der Waals surface area (Å²) >= 11 is 3.21. The molecule has 1 rings (SSSR count). The summed E-state index contributed by atoms with van der Waals surface area (Å²) in [5.74, 6) is 0.